The molecule has 0 unspecified atom stereocenters. The van der Waals surface area contributed by atoms with E-state index in [4.69, 9.17) is 0 Å². The molecule has 0 aromatic heterocycles. The van der Waals surface area contributed by atoms with Crippen molar-refractivity contribution in [3.63, 3.8) is 0 Å². The molecule has 2 N–H and O–H groups in total. The maximum Gasteiger partial charge on any atom is 0.0214 e. The van der Waals surface area contributed by atoms with Gasteiger partial charge in [-0.25, -0.2) is 0 Å². The van der Waals surface area contributed by atoms with Crippen LogP contribution in [0.25, 0.3) is 10.8 Å². The van der Waals surface area contributed by atoms with Gasteiger partial charge in [0.15, 0.2) is 0 Å². The lowest BCUT2D eigenvalue weighted by Crippen LogP contribution is -2.36. The number of rotatable bonds is 12. The summed E-state index contributed by atoms with van der Waals surface area (Å²) < 4.78 is 0. The SMILES string of the molecule is C=C(CNC[C@H](C)NCc1cccc2ccccc12)/C(C)=C(/C=C\C=C/C)\C=C/CC. The van der Waals surface area contributed by atoms with Crippen LogP contribution < -0.4 is 10.6 Å². The zero-order valence-corrected chi connectivity index (χ0v) is 19.6. The number of hydrogen-bond donors (Lipinski definition) is 2. The Morgan fingerprint density at radius 1 is 1.06 bits per heavy atom. The van der Waals surface area contributed by atoms with Crippen molar-refractivity contribution in [2.24, 2.45) is 0 Å². The lowest BCUT2D eigenvalue weighted by molar-refractivity contribution is 0.513. The molecular formula is C29H38N2. The molecule has 0 aliphatic rings. The molecule has 0 aliphatic carbocycles. The van der Waals surface area contributed by atoms with Crippen molar-refractivity contribution in [2.45, 2.75) is 46.7 Å². The third-order valence-electron chi connectivity index (χ3n) is 5.39. The van der Waals surface area contributed by atoms with E-state index in [2.05, 4.69) is 111 Å². The van der Waals surface area contributed by atoms with Gasteiger partial charge in [-0.15, -0.1) is 0 Å². The van der Waals surface area contributed by atoms with E-state index < -0.39 is 0 Å². The van der Waals surface area contributed by atoms with Crippen molar-refractivity contribution < 1.29 is 0 Å². The molecule has 31 heavy (non-hydrogen) atoms. The Balaban J connectivity index is 1.87. The van der Waals surface area contributed by atoms with Crippen molar-refractivity contribution in [2.75, 3.05) is 13.1 Å². The summed E-state index contributed by atoms with van der Waals surface area (Å²) in [5, 5.41) is 9.82. The fraction of sp³-hybridized carbons (Fsp3) is 0.310. The van der Waals surface area contributed by atoms with Gasteiger partial charge in [0, 0.05) is 25.7 Å². The highest BCUT2D eigenvalue weighted by Gasteiger charge is 2.06. The van der Waals surface area contributed by atoms with E-state index in [1.807, 2.05) is 13.0 Å². The lowest BCUT2D eigenvalue weighted by Gasteiger charge is -2.17. The normalized spacial score (nSPS) is 14.1. The summed E-state index contributed by atoms with van der Waals surface area (Å²) in [7, 11) is 0. The third-order valence-corrected chi connectivity index (χ3v) is 5.39. The first-order valence-electron chi connectivity index (χ1n) is 11.3. The van der Waals surface area contributed by atoms with Gasteiger partial charge >= 0.3 is 0 Å². The van der Waals surface area contributed by atoms with Crippen molar-refractivity contribution in [1.29, 1.82) is 0 Å². The molecule has 0 radical (unpaired) electrons. The van der Waals surface area contributed by atoms with Gasteiger partial charge in [-0.3, -0.25) is 0 Å². The van der Waals surface area contributed by atoms with Crippen LogP contribution >= 0.6 is 0 Å². The average molecular weight is 415 g/mol. The lowest BCUT2D eigenvalue weighted by atomic mass is 10.0. The number of benzene rings is 2. The monoisotopic (exact) mass is 414 g/mol. The van der Waals surface area contributed by atoms with Gasteiger partial charge in [0.1, 0.15) is 0 Å². The molecule has 2 nitrogen and oxygen atoms in total. The molecule has 2 rings (SSSR count). The maximum absolute atomic E-state index is 4.31. The van der Waals surface area contributed by atoms with Gasteiger partial charge < -0.3 is 10.6 Å². The quantitative estimate of drug-likeness (QED) is 0.370. The summed E-state index contributed by atoms with van der Waals surface area (Å²) in [4.78, 5) is 0. The highest BCUT2D eigenvalue weighted by atomic mass is 15.0. The largest absolute Gasteiger partial charge is 0.311 e. The van der Waals surface area contributed by atoms with Gasteiger partial charge in [-0.1, -0.05) is 92.4 Å². The predicted molar refractivity (Wildman–Crippen MR) is 138 cm³/mol. The fourth-order valence-corrected chi connectivity index (χ4v) is 3.40. The average Bonchev–Trinajstić information content (AvgIpc) is 2.79. The minimum atomic E-state index is 0.366. The van der Waals surface area contributed by atoms with Gasteiger partial charge in [-0.2, -0.15) is 0 Å². The molecule has 2 aromatic carbocycles. The molecule has 2 aromatic rings. The molecule has 0 fully saturated rings. The van der Waals surface area contributed by atoms with Crippen LogP contribution in [-0.2, 0) is 6.54 Å². The van der Waals surface area contributed by atoms with Crippen LogP contribution in [0.2, 0.25) is 0 Å². The summed E-state index contributed by atoms with van der Waals surface area (Å²) in [5.74, 6) is 0. The molecule has 0 aliphatic heterocycles. The van der Waals surface area contributed by atoms with E-state index in [1.54, 1.807) is 0 Å². The van der Waals surface area contributed by atoms with Crippen molar-refractivity contribution in [3.8, 4) is 0 Å². The van der Waals surface area contributed by atoms with Crippen LogP contribution in [0.5, 0.6) is 0 Å². The summed E-state index contributed by atoms with van der Waals surface area (Å²) in [6.45, 7) is 15.4. The topological polar surface area (TPSA) is 24.1 Å². The van der Waals surface area contributed by atoms with E-state index in [0.717, 1.165) is 31.6 Å². The Bertz CT molecular complexity index is 954. The minimum Gasteiger partial charge on any atom is -0.311 e. The Hall–Kier alpha value is -2.68. The van der Waals surface area contributed by atoms with Crippen molar-refractivity contribution in [3.05, 3.63) is 108 Å². The Labute approximate surface area is 189 Å². The van der Waals surface area contributed by atoms with E-state index in [0.29, 0.717) is 6.04 Å². The molecule has 0 bridgehead atoms. The van der Waals surface area contributed by atoms with Gasteiger partial charge in [-0.05, 0) is 60.2 Å². The standard InChI is InChI=1S/C29H38N2/c1-6-8-10-15-26(14-9-7-2)25(5)23(3)20-30-21-24(4)31-22-28-18-13-17-27-16-11-12-19-29(27)28/h6,8-19,24,30-31H,3,7,20-22H2,1-2,4-5H3/b8-6-,14-9-,15-10-,26-25+/t24-/m0/s1. The molecule has 164 valence electrons. The number of allylic oxidation sites excluding steroid dienone is 7. The number of nitrogens with one attached hydrogen (secondary N) is 2. The highest BCUT2D eigenvalue weighted by molar-refractivity contribution is 5.85. The first-order chi connectivity index (χ1) is 15.1. The summed E-state index contributed by atoms with van der Waals surface area (Å²) in [5.41, 5.74) is 4.92. The Morgan fingerprint density at radius 3 is 2.61 bits per heavy atom. The van der Waals surface area contributed by atoms with Crippen LogP contribution in [0.15, 0.2) is 102 Å². The van der Waals surface area contributed by atoms with Crippen LogP contribution in [0.1, 0.15) is 39.7 Å². The molecular weight excluding hydrogens is 376 g/mol. The van der Waals surface area contributed by atoms with Crippen LogP contribution in [-0.4, -0.2) is 19.1 Å². The second-order valence-electron chi connectivity index (χ2n) is 7.93. The number of hydrogen-bond acceptors (Lipinski definition) is 2. The molecule has 0 amide bonds. The van der Waals surface area contributed by atoms with Crippen LogP contribution in [0.4, 0.5) is 0 Å². The Kier molecular flexibility index (Phi) is 10.8. The highest BCUT2D eigenvalue weighted by Crippen LogP contribution is 2.18. The minimum absolute atomic E-state index is 0.366. The van der Waals surface area contributed by atoms with Crippen LogP contribution in [0.3, 0.4) is 0 Å². The Morgan fingerprint density at radius 2 is 1.84 bits per heavy atom. The fourth-order valence-electron chi connectivity index (χ4n) is 3.40. The second kappa shape index (κ2) is 13.6. The van der Waals surface area contributed by atoms with Crippen LogP contribution in [0, 0.1) is 0 Å². The molecule has 1 atom stereocenters. The summed E-state index contributed by atoms with van der Waals surface area (Å²) in [6, 6.07) is 15.4. The molecule has 0 heterocycles. The smallest absolute Gasteiger partial charge is 0.0214 e. The maximum atomic E-state index is 4.31. The van der Waals surface area contributed by atoms with Crippen molar-refractivity contribution >= 4 is 10.8 Å². The molecule has 0 saturated carbocycles. The first kappa shape index (κ1) is 24.6. The molecule has 0 saturated heterocycles. The van der Waals surface area contributed by atoms with E-state index in [-0.39, 0.29) is 0 Å². The zero-order valence-electron chi connectivity index (χ0n) is 19.6. The van der Waals surface area contributed by atoms with E-state index in [1.165, 1.54) is 27.5 Å². The van der Waals surface area contributed by atoms with Gasteiger partial charge in [0.25, 0.3) is 0 Å². The summed E-state index contributed by atoms with van der Waals surface area (Å²) >= 11 is 0. The van der Waals surface area contributed by atoms with Gasteiger partial charge in [0.05, 0.1) is 0 Å². The van der Waals surface area contributed by atoms with E-state index in [9.17, 15) is 0 Å². The summed E-state index contributed by atoms with van der Waals surface area (Å²) in [6.07, 6.45) is 13.7. The van der Waals surface area contributed by atoms with Gasteiger partial charge in [0.2, 0.25) is 0 Å². The predicted octanol–water partition coefficient (Wildman–Crippen LogP) is 6.88. The third kappa shape index (κ3) is 8.16. The first-order valence-corrected chi connectivity index (χ1v) is 11.3. The molecule has 2 heteroatoms. The molecule has 0 spiro atoms. The van der Waals surface area contributed by atoms with Crippen molar-refractivity contribution in [1.82, 2.24) is 10.6 Å². The zero-order chi connectivity index (χ0) is 22.5. The van der Waals surface area contributed by atoms with E-state index >= 15 is 0 Å². The second-order valence-corrected chi connectivity index (χ2v) is 7.93. The number of fused-ring (bicyclic) bond motifs is 1.